The highest BCUT2D eigenvalue weighted by atomic mass is 16.8. The van der Waals surface area contributed by atoms with Crippen LogP contribution in [0.2, 0.25) is 0 Å². The summed E-state index contributed by atoms with van der Waals surface area (Å²) in [6.45, 7) is 3.25. The summed E-state index contributed by atoms with van der Waals surface area (Å²) in [6.07, 6.45) is -27.1. The lowest BCUT2D eigenvalue weighted by Gasteiger charge is -2.51. The van der Waals surface area contributed by atoms with Gasteiger partial charge in [0.05, 0.1) is 25.9 Å². The van der Waals surface area contributed by atoms with Crippen molar-refractivity contribution in [1.29, 1.82) is 0 Å². The van der Waals surface area contributed by atoms with Crippen molar-refractivity contribution >= 4 is 23.7 Å². The molecule has 25 nitrogen and oxygen atoms in total. The lowest BCUT2D eigenvalue weighted by molar-refractivity contribution is -0.357. The van der Waals surface area contributed by atoms with Crippen molar-refractivity contribution in [3.8, 4) is 0 Å². The number of rotatable bonds is 13. The molecule has 21 atom stereocenters. The Morgan fingerprint density at radius 3 is 1.50 bits per heavy atom. The summed E-state index contributed by atoms with van der Waals surface area (Å²) in [5, 5.41) is 102. The predicted molar refractivity (Wildman–Crippen MR) is 181 cm³/mol. The van der Waals surface area contributed by atoms with Crippen molar-refractivity contribution in [2.45, 2.75) is 163 Å². The Morgan fingerprint density at radius 2 is 1.00 bits per heavy atom. The van der Waals surface area contributed by atoms with E-state index in [1.165, 1.54) is 6.92 Å². The van der Waals surface area contributed by atoms with Crippen molar-refractivity contribution in [2.24, 2.45) is 0 Å². The van der Waals surface area contributed by atoms with Gasteiger partial charge in [0.15, 0.2) is 25.2 Å². The third-order valence-electron chi connectivity index (χ3n) is 10.4. The standard InChI is InChI=1S/C33H53N3O22/c1-9-19(43)24(55-29-16(34-10(2)40)22(46)20(44)13(6-37)52-29)17(35-11(3)41)30(50-9)56-25-18(36-12(4)42)31(53-14(7-38)21(25)45)54-23-15(8-39)51-28(47)27-26(23)57-33(5,58-27)32(48)49/h9,13-31,37-39,43-47H,6-8H2,1-5H3,(H,34,40)(H,35,41)(H,36,42)(H,48,49)/t9-,13+,14+,15+,16-,17-,18+,19+,20+,21-,22+,23-,24-,25+,26-,27+,28-,29-,30-,31+,33?/m0/s1. The molecule has 332 valence electrons. The maximum atomic E-state index is 12.7. The Kier molecular flexibility index (Phi) is 15.0. The van der Waals surface area contributed by atoms with Gasteiger partial charge in [-0.15, -0.1) is 0 Å². The average Bonchev–Trinajstić information content (AvgIpc) is 3.53. The maximum absolute atomic E-state index is 12.7. The molecule has 0 aromatic heterocycles. The van der Waals surface area contributed by atoms with Gasteiger partial charge in [0.25, 0.3) is 5.79 Å². The summed E-state index contributed by atoms with van der Waals surface area (Å²) in [5.74, 6) is -6.00. The van der Waals surface area contributed by atoms with Crippen LogP contribution in [-0.2, 0) is 61.8 Å². The van der Waals surface area contributed by atoms with Crippen LogP contribution in [0.3, 0.4) is 0 Å². The van der Waals surface area contributed by atoms with Gasteiger partial charge >= 0.3 is 5.97 Å². The largest absolute Gasteiger partial charge is 0.477 e. The van der Waals surface area contributed by atoms with Crippen molar-refractivity contribution in [3.05, 3.63) is 0 Å². The molecule has 0 radical (unpaired) electrons. The fourth-order valence-electron chi connectivity index (χ4n) is 7.58. The highest BCUT2D eigenvalue weighted by Gasteiger charge is 2.62. The molecule has 0 saturated carbocycles. The van der Waals surface area contributed by atoms with Crippen molar-refractivity contribution in [3.63, 3.8) is 0 Å². The first-order chi connectivity index (χ1) is 27.2. The normalized spacial score (nSPS) is 46.8. The summed E-state index contributed by atoms with van der Waals surface area (Å²) in [4.78, 5) is 49.4. The minimum atomic E-state index is -2.30. The number of fused-ring (bicyclic) bond motifs is 1. The zero-order valence-corrected chi connectivity index (χ0v) is 32.0. The van der Waals surface area contributed by atoms with Crippen molar-refractivity contribution in [1.82, 2.24) is 16.0 Å². The number of aliphatic carboxylic acids is 1. The van der Waals surface area contributed by atoms with Crippen LogP contribution < -0.4 is 16.0 Å². The number of carboxylic acid groups (broad SMARTS) is 1. The summed E-state index contributed by atoms with van der Waals surface area (Å²) >= 11 is 0. The Morgan fingerprint density at radius 1 is 0.569 bits per heavy atom. The third kappa shape index (κ3) is 9.55. The van der Waals surface area contributed by atoms with E-state index in [-0.39, 0.29) is 0 Å². The summed E-state index contributed by atoms with van der Waals surface area (Å²) in [5.41, 5.74) is 0. The molecule has 5 aliphatic heterocycles. The maximum Gasteiger partial charge on any atom is 0.364 e. The molecule has 5 heterocycles. The molecule has 5 fully saturated rings. The second kappa shape index (κ2) is 18.9. The topological polar surface area (TPSA) is 370 Å². The number of carboxylic acids is 1. The second-order valence-corrected chi connectivity index (χ2v) is 14.8. The van der Waals surface area contributed by atoms with E-state index in [0.29, 0.717) is 0 Å². The predicted octanol–water partition coefficient (Wildman–Crippen LogP) is -7.43. The van der Waals surface area contributed by atoms with Gasteiger partial charge in [-0.25, -0.2) is 4.79 Å². The molecule has 58 heavy (non-hydrogen) atoms. The first-order valence-electron chi connectivity index (χ1n) is 18.5. The monoisotopic (exact) mass is 843 g/mol. The highest BCUT2D eigenvalue weighted by Crippen LogP contribution is 2.40. The molecule has 0 aliphatic carbocycles. The van der Waals surface area contributed by atoms with Gasteiger partial charge in [0.1, 0.15) is 91.4 Å². The number of nitrogens with one attached hydrogen (secondary N) is 3. The van der Waals surface area contributed by atoms with Gasteiger partial charge in [-0.3, -0.25) is 14.4 Å². The molecule has 12 N–H and O–H groups in total. The zero-order chi connectivity index (χ0) is 43.0. The van der Waals surface area contributed by atoms with E-state index in [2.05, 4.69) is 16.0 Å². The molecule has 1 unspecified atom stereocenters. The van der Waals surface area contributed by atoms with Crippen LogP contribution in [-0.4, -0.2) is 218 Å². The molecule has 5 rings (SSSR count). The Balaban J connectivity index is 1.48. The van der Waals surface area contributed by atoms with Gasteiger partial charge < -0.3 is 105 Å². The molecule has 5 saturated heterocycles. The van der Waals surface area contributed by atoms with Crippen LogP contribution in [0.25, 0.3) is 0 Å². The summed E-state index contributed by atoms with van der Waals surface area (Å²) in [7, 11) is 0. The fraction of sp³-hybridized carbons (Fsp3) is 0.879. The number of amides is 3. The molecule has 0 aromatic carbocycles. The molecule has 0 bridgehead atoms. The highest BCUT2D eigenvalue weighted by molar-refractivity contribution is 5.75. The molecule has 0 spiro atoms. The minimum Gasteiger partial charge on any atom is -0.477 e. The third-order valence-corrected chi connectivity index (χ3v) is 10.4. The van der Waals surface area contributed by atoms with E-state index in [1.807, 2.05) is 0 Å². The van der Waals surface area contributed by atoms with E-state index < -0.39 is 172 Å². The molecule has 0 aromatic rings. The van der Waals surface area contributed by atoms with Crippen molar-refractivity contribution < 1.29 is 108 Å². The molecule has 3 amide bonds. The summed E-state index contributed by atoms with van der Waals surface area (Å²) < 4.78 is 52.7. The lowest BCUT2D eigenvalue weighted by Crippen LogP contribution is -2.71. The number of hydrogen-bond acceptors (Lipinski definition) is 21. The first kappa shape index (κ1) is 46.3. The van der Waals surface area contributed by atoms with Crippen molar-refractivity contribution in [2.75, 3.05) is 19.8 Å². The van der Waals surface area contributed by atoms with Gasteiger partial charge in [0.2, 0.25) is 17.7 Å². The molecule has 5 aliphatic rings. The number of carbonyl (C=O) groups excluding carboxylic acids is 3. The van der Waals surface area contributed by atoms with Gasteiger partial charge in [-0.05, 0) is 6.92 Å². The number of aliphatic hydroxyl groups is 8. The zero-order valence-electron chi connectivity index (χ0n) is 32.0. The fourth-order valence-corrected chi connectivity index (χ4v) is 7.58. The quantitative estimate of drug-likeness (QED) is 0.0819. The number of hydrogen-bond donors (Lipinski definition) is 12. The smallest absolute Gasteiger partial charge is 0.364 e. The van der Waals surface area contributed by atoms with Gasteiger partial charge in [-0.2, -0.15) is 0 Å². The van der Waals surface area contributed by atoms with E-state index in [9.17, 15) is 65.1 Å². The number of carbonyl (C=O) groups is 4. The molecular formula is C33H53N3O22. The van der Waals surface area contributed by atoms with E-state index in [4.69, 9.17) is 42.6 Å². The molecular weight excluding hydrogens is 790 g/mol. The Hall–Kier alpha value is -2.80. The summed E-state index contributed by atoms with van der Waals surface area (Å²) in [6, 6.07) is -4.58. The van der Waals surface area contributed by atoms with Crippen LogP contribution in [0.1, 0.15) is 34.6 Å². The first-order valence-corrected chi connectivity index (χ1v) is 18.5. The van der Waals surface area contributed by atoms with Crippen LogP contribution in [0, 0.1) is 0 Å². The molecule has 25 heteroatoms. The van der Waals surface area contributed by atoms with Crippen LogP contribution in [0.15, 0.2) is 0 Å². The number of aliphatic hydroxyl groups excluding tert-OH is 8. The second-order valence-electron chi connectivity index (χ2n) is 14.8. The Labute approximate surface area is 330 Å². The van der Waals surface area contributed by atoms with E-state index in [0.717, 1.165) is 27.7 Å². The lowest BCUT2D eigenvalue weighted by atomic mass is 9.93. The van der Waals surface area contributed by atoms with E-state index >= 15 is 0 Å². The van der Waals surface area contributed by atoms with Crippen LogP contribution in [0.5, 0.6) is 0 Å². The van der Waals surface area contributed by atoms with Crippen LogP contribution >= 0.6 is 0 Å². The van der Waals surface area contributed by atoms with Gasteiger partial charge in [0, 0.05) is 27.7 Å². The minimum absolute atomic E-state index is 0.677. The SMILES string of the molecule is CC(=O)N[C@@H]1[C@H](O[C@@H]2[C@H](O)[C@H](C)O[C@@H](O[C@H]3[C@@H](O)[C@@H](CO)O[C@H](O[C@@H]4[C@@H]5OC(C)(C(=O)O)O[C@H]5[C@@H](O)O[C@@H]4CO)[C@@H]3NC(C)=O)[C@H]2NC(C)=O)O[C@H](CO)[C@@H](O)[C@@H]1O. The Bertz CT molecular complexity index is 1460. The van der Waals surface area contributed by atoms with E-state index in [1.54, 1.807) is 0 Å². The number of ether oxygens (including phenoxy) is 9. The van der Waals surface area contributed by atoms with Crippen LogP contribution in [0.4, 0.5) is 0 Å². The average molecular weight is 844 g/mol. The van der Waals surface area contributed by atoms with Gasteiger partial charge in [-0.1, -0.05) is 0 Å².